The molecule has 7 nitrogen and oxygen atoms in total. The van der Waals surface area contributed by atoms with E-state index in [9.17, 15) is 20.0 Å². The van der Waals surface area contributed by atoms with E-state index in [4.69, 9.17) is 16.3 Å². The fourth-order valence-corrected chi connectivity index (χ4v) is 1.57. The zero-order chi connectivity index (χ0) is 15.1. The lowest BCUT2D eigenvalue weighted by atomic mass is 10.1. The normalized spacial score (nSPS) is 11.8. The van der Waals surface area contributed by atoms with Crippen LogP contribution in [0.4, 0.5) is 11.4 Å². The zero-order valence-electron chi connectivity index (χ0n) is 10.8. The molecule has 2 N–H and O–H groups in total. The number of benzene rings is 1. The second-order valence-corrected chi connectivity index (χ2v) is 4.21. The molecule has 0 aliphatic rings. The van der Waals surface area contributed by atoms with Crippen molar-refractivity contribution < 1.29 is 19.6 Å². The molecular formula is C12H15ClN2O5. The van der Waals surface area contributed by atoms with Crippen molar-refractivity contribution >= 4 is 28.9 Å². The first-order valence-corrected chi connectivity index (χ1v) is 6.46. The average molecular weight is 303 g/mol. The third kappa shape index (κ3) is 4.36. The van der Waals surface area contributed by atoms with Crippen LogP contribution in [-0.2, 0) is 4.74 Å². The van der Waals surface area contributed by atoms with Gasteiger partial charge in [-0.05, 0) is 19.1 Å². The third-order valence-corrected chi connectivity index (χ3v) is 2.77. The Bertz CT molecular complexity index is 495. The molecule has 20 heavy (non-hydrogen) atoms. The molecular weight excluding hydrogens is 288 g/mol. The summed E-state index contributed by atoms with van der Waals surface area (Å²) in [4.78, 5) is 21.9. The SMILES string of the molecule is CCOC(=O)c1ccc(NCC(O)CCl)c([N+](=O)[O-])c1. The molecule has 1 rings (SSSR count). The predicted octanol–water partition coefficient (Wildman–Crippen LogP) is 1.78. The molecule has 0 aliphatic heterocycles. The number of halogens is 1. The predicted molar refractivity (Wildman–Crippen MR) is 74.3 cm³/mol. The highest BCUT2D eigenvalue weighted by molar-refractivity contribution is 6.18. The summed E-state index contributed by atoms with van der Waals surface area (Å²) in [5.41, 5.74) is 0.0338. The first-order chi connectivity index (χ1) is 9.49. The zero-order valence-corrected chi connectivity index (χ0v) is 11.6. The highest BCUT2D eigenvalue weighted by atomic mass is 35.5. The summed E-state index contributed by atoms with van der Waals surface area (Å²) in [6.07, 6.45) is -0.819. The molecule has 0 saturated carbocycles. The Labute approximate surface area is 120 Å². The number of carbonyl (C=O) groups is 1. The van der Waals surface area contributed by atoms with Crippen LogP contribution in [0, 0.1) is 10.1 Å². The summed E-state index contributed by atoms with van der Waals surface area (Å²) in [7, 11) is 0. The molecule has 0 radical (unpaired) electrons. The summed E-state index contributed by atoms with van der Waals surface area (Å²) in [5, 5.41) is 23.0. The fraction of sp³-hybridized carbons (Fsp3) is 0.417. The summed E-state index contributed by atoms with van der Waals surface area (Å²) >= 11 is 5.44. The summed E-state index contributed by atoms with van der Waals surface area (Å²) in [5.74, 6) is -0.607. The Morgan fingerprint density at radius 3 is 2.85 bits per heavy atom. The number of nitro benzene ring substituents is 1. The van der Waals surface area contributed by atoms with Crippen LogP contribution in [0.25, 0.3) is 0 Å². The van der Waals surface area contributed by atoms with E-state index < -0.39 is 17.0 Å². The topological polar surface area (TPSA) is 102 Å². The number of hydrogen-bond acceptors (Lipinski definition) is 6. The van der Waals surface area contributed by atoms with Crippen LogP contribution in [0.15, 0.2) is 18.2 Å². The summed E-state index contributed by atoms with van der Waals surface area (Å²) in [6.45, 7) is 1.91. The molecule has 110 valence electrons. The van der Waals surface area contributed by atoms with Gasteiger partial charge in [0.15, 0.2) is 0 Å². The molecule has 0 aromatic heterocycles. The Morgan fingerprint density at radius 2 is 2.30 bits per heavy atom. The maximum absolute atomic E-state index is 11.5. The van der Waals surface area contributed by atoms with Crippen LogP contribution in [0.5, 0.6) is 0 Å². The number of aliphatic hydroxyl groups excluding tert-OH is 1. The molecule has 1 aromatic carbocycles. The summed E-state index contributed by atoms with van der Waals surface area (Å²) < 4.78 is 4.78. The molecule has 0 bridgehead atoms. The highest BCUT2D eigenvalue weighted by Crippen LogP contribution is 2.26. The Hall–Kier alpha value is -1.86. The standard InChI is InChI=1S/C12H15ClN2O5/c1-2-20-12(17)8-3-4-10(11(5-8)15(18)19)14-7-9(16)6-13/h3-5,9,14,16H,2,6-7H2,1H3. The quantitative estimate of drug-likeness (QED) is 0.344. The number of nitrogens with one attached hydrogen (secondary N) is 1. The Balaban J connectivity index is 2.96. The molecule has 0 spiro atoms. The van der Waals surface area contributed by atoms with Gasteiger partial charge in [0.1, 0.15) is 5.69 Å². The van der Waals surface area contributed by atoms with E-state index in [1.807, 2.05) is 0 Å². The van der Waals surface area contributed by atoms with Crippen LogP contribution in [0.1, 0.15) is 17.3 Å². The first-order valence-electron chi connectivity index (χ1n) is 5.93. The molecule has 8 heteroatoms. The number of hydrogen-bond donors (Lipinski definition) is 2. The average Bonchev–Trinajstić information content (AvgIpc) is 2.44. The number of carbonyl (C=O) groups excluding carboxylic acids is 1. The molecule has 0 aliphatic carbocycles. The Morgan fingerprint density at radius 1 is 1.60 bits per heavy atom. The van der Waals surface area contributed by atoms with Gasteiger partial charge in [-0.3, -0.25) is 10.1 Å². The van der Waals surface area contributed by atoms with E-state index in [1.54, 1.807) is 6.92 Å². The number of anilines is 1. The molecule has 1 aromatic rings. The fourth-order valence-electron chi connectivity index (χ4n) is 1.46. The number of nitro groups is 1. The molecule has 1 unspecified atom stereocenters. The van der Waals surface area contributed by atoms with Crippen molar-refractivity contribution in [1.29, 1.82) is 0 Å². The third-order valence-electron chi connectivity index (χ3n) is 2.41. The van der Waals surface area contributed by atoms with E-state index in [2.05, 4.69) is 5.32 Å². The van der Waals surface area contributed by atoms with Crippen molar-refractivity contribution in [3.63, 3.8) is 0 Å². The van der Waals surface area contributed by atoms with Gasteiger partial charge in [0, 0.05) is 12.6 Å². The number of ether oxygens (including phenoxy) is 1. The van der Waals surface area contributed by atoms with E-state index in [0.29, 0.717) is 0 Å². The van der Waals surface area contributed by atoms with Gasteiger partial charge >= 0.3 is 5.97 Å². The van der Waals surface area contributed by atoms with Crippen LogP contribution in [0.3, 0.4) is 0 Å². The number of nitrogens with zero attached hydrogens (tertiary/aromatic N) is 1. The lowest BCUT2D eigenvalue weighted by Crippen LogP contribution is -2.21. The number of alkyl halides is 1. The molecule has 0 fully saturated rings. The smallest absolute Gasteiger partial charge is 0.338 e. The second-order valence-electron chi connectivity index (χ2n) is 3.90. The monoisotopic (exact) mass is 302 g/mol. The lowest BCUT2D eigenvalue weighted by molar-refractivity contribution is -0.384. The minimum absolute atomic E-state index is 0.0156. The Kier molecular flexibility index (Phi) is 6.20. The van der Waals surface area contributed by atoms with Crippen molar-refractivity contribution in [2.24, 2.45) is 0 Å². The first kappa shape index (κ1) is 16.2. The summed E-state index contributed by atoms with van der Waals surface area (Å²) in [6, 6.07) is 3.94. The van der Waals surface area contributed by atoms with Crippen LogP contribution in [-0.4, -0.2) is 41.1 Å². The largest absolute Gasteiger partial charge is 0.462 e. The highest BCUT2D eigenvalue weighted by Gasteiger charge is 2.18. The molecule has 0 heterocycles. The van der Waals surface area contributed by atoms with Gasteiger partial charge in [-0.15, -0.1) is 11.6 Å². The number of rotatable bonds is 7. The van der Waals surface area contributed by atoms with Crippen molar-refractivity contribution in [2.75, 3.05) is 24.3 Å². The minimum Gasteiger partial charge on any atom is -0.462 e. The van der Waals surface area contributed by atoms with E-state index in [-0.39, 0.29) is 36.0 Å². The van der Waals surface area contributed by atoms with Crippen LogP contribution >= 0.6 is 11.6 Å². The van der Waals surface area contributed by atoms with Crippen LogP contribution in [0.2, 0.25) is 0 Å². The van der Waals surface area contributed by atoms with Crippen molar-refractivity contribution in [3.05, 3.63) is 33.9 Å². The van der Waals surface area contributed by atoms with Gasteiger partial charge in [-0.2, -0.15) is 0 Å². The van der Waals surface area contributed by atoms with Gasteiger partial charge in [0.05, 0.1) is 29.1 Å². The van der Waals surface area contributed by atoms with Gasteiger partial charge in [0.2, 0.25) is 0 Å². The van der Waals surface area contributed by atoms with Gasteiger partial charge in [-0.25, -0.2) is 4.79 Å². The van der Waals surface area contributed by atoms with Gasteiger partial charge in [0.25, 0.3) is 5.69 Å². The van der Waals surface area contributed by atoms with Crippen molar-refractivity contribution in [3.8, 4) is 0 Å². The number of esters is 1. The van der Waals surface area contributed by atoms with Gasteiger partial charge < -0.3 is 15.2 Å². The lowest BCUT2D eigenvalue weighted by Gasteiger charge is -2.11. The maximum Gasteiger partial charge on any atom is 0.338 e. The van der Waals surface area contributed by atoms with E-state index >= 15 is 0 Å². The van der Waals surface area contributed by atoms with Crippen LogP contribution < -0.4 is 5.32 Å². The van der Waals surface area contributed by atoms with E-state index in [1.165, 1.54) is 12.1 Å². The second kappa shape index (κ2) is 7.66. The maximum atomic E-state index is 11.5. The minimum atomic E-state index is -0.819. The van der Waals surface area contributed by atoms with E-state index in [0.717, 1.165) is 6.07 Å². The molecule has 0 saturated heterocycles. The van der Waals surface area contributed by atoms with Crippen molar-refractivity contribution in [2.45, 2.75) is 13.0 Å². The number of aliphatic hydroxyl groups is 1. The van der Waals surface area contributed by atoms with Gasteiger partial charge in [-0.1, -0.05) is 0 Å². The molecule has 1 atom stereocenters. The molecule has 0 amide bonds. The van der Waals surface area contributed by atoms with Crippen molar-refractivity contribution in [1.82, 2.24) is 0 Å².